The number of halogens is 1. The predicted octanol–water partition coefficient (Wildman–Crippen LogP) is 1.91. The minimum Gasteiger partial charge on any atom is -0.492 e. The Kier molecular flexibility index (Phi) is 6.42. The molecule has 0 aliphatic rings. The van der Waals surface area contributed by atoms with E-state index in [1.165, 1.54) is 12.1 Å². The van der Waals surface area contributed by atoms with Crippen LogP contribution >= 0.6 is 0 Å². The molecule has 1 atom stereocenters. The van der Waals surface area contributed by atoms with Gasteiger partial charge in [-0.25, -0.2) is 9.18 Å². The molecule has 0 bridgehead atoms. The molecule has 1 aromatic rings. The van der Waals surface area contributed by atoms with Crippen LogP contribution < -0.4 is 15.4 Å². The molecule has 0 heterocycles. The lowest BCUT2D eigenvalue weighted by Crippen LogP contribution is -2.44. The van der Waals surface area contributed by atoms with E-state index in [1.807, 2.05) is 20.8 Å². The number of hydrogen-bond acceptors (Lipinski definition) is 3. The van der Waals surface area contributed by atoms with Gasteiger partial charge in [0.05, 0.1) is 12.6 Å². The average Bonchev–Trinajstić information content (AvgIpc) is 2.40. The van der Waals surface area contributed by atoms with E-state index in [2.05, 4.69) is 10.6 Å². The van der Waals surface area contributed by atoms with Crippen molar-refractivity contribution in [1.82, 2.24) is 10.6 Å². The van der Waals surface area contributed by atoms with Crippen molar-refractivity contribution in [2.75, 3.05) is 19.7 Å². The van der Waals surface area contributed by atoms with Crippen molar-refractivity contribution in [2.24, 2.45) is 5.41 Å². The van der Waals surface area contributed by atoms with Crippen LogP contribution in [-0.4, -0.2) is 36.9 Å². The fourth-order valence-electron chi connectivity index (χ4n) is 1.45. The Hall–Kier alpha value is -1.82. The van der Waals surface area contributed by atoms with Gasteiger partial charge in [0.15, 0.2) is 0 Å². The van der Waals surface area contributed by atoms with Crippen molar-refractivity contribution < 1.29 is 19.0 Å². The third-order valence-electron chi connectivity index (χ3n) is 2.91. The molecule has 2 amide bonds. The molecular formula is C15H23FN2O3. The molecule has 6 heteroatoms. The molecule has 0 saturated heterocycles. The van der Waals surface area contributed by atoms with Gasteiger partial charge in [0, 0.05) is 12.6 Å². The Morgan fingerprint density at radius 3 is 2.71 bits per heavy atom. The first-order valence-corrected chi connectivity index (χ1v) is 6.87. The van der Waals surface area contributed by atoms with Crippen molar-refractivity contribution in [3.63, 3.8) is 0 Å². The van der Waals surface area contributed by atoms with Gasteiger partial charge in [-0.3, -0.25) is 0 Å². The van der Waals surface area contributed by atoms with Crippen LogP contribution in [0, 0.1) is 11.2 Å². The first kappa shape index (κ1) is 17.2. The van der Waals surface area contributed by atoms with Crippen LogP contribution in [-0.2, 0) is 0 Å². The molecule has 3 N–H and O–H groups in total. The Morgan fingerprint density at radius 1 is 1.38 bits per heavy atom. The molecule has 0 spiro atoms. The number of aliphatic hydroxyl groups excluding tert-OH is 1. The molecule has 0 aliphatic heterocycles. The number of benzene rings is 1. The highest BCUT2D eigenvalue weighted by atomic mass is 19.1. The molecule has 118 valence electrons. The van der Waals surface area contributed by atoms with Crippen molar-refractivity contribution in [3.8, 4) is 5.75 Å². The third kappa shape index (κ3) is 6.94. The molecule has 21 heavy (non-hydrogen) atoms. The summed E-state index contributed by atoms with van der Waals surface area (Å²) in [7, 11) is 0. The van der Waals surface area contributed by atoms with Gasteiger partial charge in [-0.1, -0.05) is 26.8 Å². The summed E-state index contributed by atoms with van der Waals surface area (Å²) >= 11 is 0. The van der Waals surface area contributed by atoms with Crippen LogP contribution in [0.2, 0.25) is 0 Å². The summed E-state index contributed by atoms with van der Waals surface area (Å²) in [6.45, 7) is 6.38. The predicted molar refractivity (Wildman–Crippen MR) is 78.8 cm³/mol. The number of carbonyl (C=O) groups excluding carboxylic acids is 1. The normalized spacial score (nSPS) is 12.6. The maximum Gasteiger partial charge on any atom is 0.315 e. The van der Waals surface area contributed by atoms with E-state index in [4.69, 9.17) is 4.74 Å². The van der Waals surface area contributed by atoms with Gasteiger partial charge in [0.25, 0.3) is 0 Å². The maximum atomic E-state index is 12.9. The van der Waals surface area contributed by atoms with E-state index in [1.54, 1.807) is 12.1 Å². The highest BCUT2D eigenvalue weighted by Crippen LogP contribution is 2.17. The van der Waals surface area contributed by atoms with Crippen LogP contribution in [0.25, 0.3) is 0 Å². The van der Waals surface area contributed by atoms with Crippen LogP contribution in [0.1, 0.15) is 20.8 Å². The summed E-state index contributed by atoms with van der Waals surface area (Å²) in [5, 5.41) is 15.0. The molecule has 1 unspecified atom stereocenters. The smallest absolute Gasteiger partial charge is 0.315 e. The zero-order valence-electron chi connectivity index (χ0n) is 12.6. The van der Waals surface area contributed by atoms with Crippen molar-refractivity contribution in [1.29, 1.82) is 0 Å². The molecular weight excluding hydrogens is 275 g/mol. The van der Waals surface area contributed by atoms with Crippen LogP contribution in [0.5, 0.6) is 5.75 Å². The summed E-state index contributed by atoms with van der Waals surface area (Å²) in [6.07, 6.45) is -0.619. The molecule has 0 aromatic heterocycles. The minimum absolute atomic E-state index is 0.181. The highest BCUT2D eigenvalue weighted by Gasteiger charge is 2.22. The average molecular weight is 298 g/mol. The lowest BCUT2D eigenvalue weighted by Gasteiger charge is -2.25. The third-order valence-corrected chi connectivity index (χ3v) is 2.91. The van der Waals surface area contributed by atoms with E-state index < -0.39 is 6.10 Å². The standard InChI is InChI=1S/C15H23FN2O3/c1-15(2,3)13(19)10-18-14(20)17-7-8-21-12-6-4-5-11(16)9-12/h4-6,9,13,19H,7-8,10H2,1-3H3,(H2,17,18,20). The molecule has 0 aliphatic carbocycles. The summed E-state index contributed by atoms with van der Waals surface area (Å²) in [5.74, 6) is 0.0507. The number of hydrogen-bond donors (Lipinski definition) is 3. The quantitative estimate of drug-likeness (QED) is 0.703. The van der Waals surface area contributed by atoms with Gasteiger partial charge in [0.1, 0.15) is 18.2 Å². The van der Waals surface area contributed by atoms with E-state index in [0.29, 0.717) is 5.75 Å². The molecule has 0 saturated carbocycles. The van der Waals surface area contributed by atoms with Crippen molar-refractivity contribution in [3.05, 3.63) is 30.1 Å². The second kappa shape index (κ2) is 7.83. The van der Waals surface area contributed by atoms with E-state index >= 15 is 0 Å². The lowest BCUT2D eigenvalue weighted by molar-refractivity contribution is 0.0649. The van der Waals surface area contributed by atoms with Crippen LogP contribution in [0.3, 0.4) is 0 Å². The number of nitrogens with one attached hydrogen (secondary N) is 2. The second-order valence-corrected chi connectivity index (χ2v) is 5.82. The Morgan fingerprint density at radius 2 is 2.10 bits per heavy atom. The Labute approximate surface area is 124 Å². The fraction of sp³-hybridized carbons (Fsp3) is 0.533. The molecule has 0 radical (unpaired) electrons. The summed E-state index contributed by atoms with van der Waals surface area (Å²) in [5.41, 5.74) is -0.284. The number of aliphatic hydroxyl groups is 1. The van der Waals surface area contributed by atoms with E-state index in [9.17, 15) is 14.3 Å². The molecule has 1 aromatic carbocycles. The number of urea groups is 1. The van der Waals surface area contributed by atoms with Crippen LogP contribution in [0.15, 0.2) is 24.3 Å². The van der Waals surface area contributed by atoms with Gasteiger partial charge < -0.3 is 20.5 Å². The number of carbonyl (C=O) groups is 1. The lowest BCUT2D eigenvalue weighted by atomic mass is 9.89. The fourth-order valence-corrected chi connectivity index (χ4v) is 1.45. The Bertz CT molecular complexity index is 460. The second-order valence-electron chi connectivity index (χ2n) is 5.82. The Balaban J connectivity index is 2.16. The monoisotopic (exact) mass is 298 g/mol. The number of ether oxygens (including phenoxy) is 1. The first-order chi connectivity index (χ1) is 9.79. The van der Waals surface area contributed by atoms with Gasteiger partial charge in [0.2, 0.25) is 0 Å². The van der Waals surface area contributed by atoms with Crippen LogP contribution in [0.4, 0.5) is 9.18 Å². The maximum absolute atomic E-state index is 12.9. The van der Waals surface area contributed by atoms with Gasteiger partial charge in [-0.05, 0) is 17.5 Å². The zero-order valence-corrected chi connectivity index (χ0v) is 12.6. The van der Waals surface area contributed by atoms with E-state index in [-0.39, 0.29) is 37.0 Å². The first-order valence-electron chi connectivity index (χ1n) is 6.87. The minimum atomic E-state index is -0.619. The molecule has 1 rings (SSSR count). The topological polar surface area (TPSA) is 70.6 Å². The largest absolute Gasteiger partial charge is 0.492 e. The summed E-state index contributed by atoms with van der Waals surface area (Å²) in [6, 6.07) is 5.43. The highest BCUT2D eigenvalue weighted by molar-refractivity contribution is 5.73. The zero-order chi connectivity index (χ0) is 15.9. The van der Waals surface area contributed by atoms with Gasteiger partial charge in [-0.15, -0.1) is 0 Å². The number of rotatable bonds is 6. The van der Waals surface area contributed by atoms with Gasteiger partial charge in [-0.2, -0.15) is 0 Å². The van der Waals surface area contributed by atoms with Crippen molar-refractivity contribution in [2.45, 2.75) is 26.9 Å². The SMILES string of the molecule is CC(C)(C)C(O)CNC(=O)NCCOc1cccc(F)c1. The van der Waals surface area contributed by atoms with Crippen molar-refractivity contribution >= 4 is 6.03 Å². The van der Waals surface area contributed by atoms with E-state index in [0.717, 1.165) is 0 Å². The number of amides is 2. The molecule has 0 fully saturated rings. The summed E-state index contributed by atoms with van der Waals surface area (Å²) < 4.78 is 18.2. The molecule has 5 nitrogen and oxygen atoms in total. The summed E-state index contributed by atoms with van der Waals surface area (Å²) in [4.78, 5) is 11.5. The van der Waals surface area contributed by atoms with Gasteiger partial charge >= 0.3 is 6.03 Å².